The molecule has 4 rings (SSSR count). The monoisotopic (exact) mass is 565 g/mol. The summed E-state index contributed by atoms with van der Waals surface area (Å²) in [5.41, 5.74) is 6.51. The van der Waals surface area contributed by atoms with E-state index in [4.69, 9.17) is 0 Å². The average Bonchev–Trinajstić information content (AvgIpc) is 3.16. The van der Waals surface area contributed by atoms with Crippen LogP contribution in [0.1, 0.15) is 17.0 Å². The number of hydrazone groups is 1. The van der Waals surface area contributed by atoms with Gasteiger partial charge < -0.3 is 4.57 Å². The summed E-state index contributed by atoms with van der Waals surface area (Å²) in [5.74, 6) is -0.588. The van der Waals surface area contributed by atoms with E-state index in [1.807, 2.05) is 44.2 Å². The number of amides is 1. The number of halogens is 1. The Hall–Kier alpha value is -3.76. The molecule has 0 radical (unpaired) electrons. The van der Waals surface area contributed by atoms with Gasteiger partial charge in [0, 0.05) is 33.3 Å². The van der Waals surface area contributed by atoms with Crippen LogP contribution in [0.25, 0.3) is 5.69 Å². The predicted octanol–water partition coefficient (Wildman–Crippen LogP) is 4.60. The molecule has 0 aliphatic heterocycles. The quantitative estimate of drug-likeness (QED) is 0.249. The van der Waals surface area contributed by atoms with E-state index in [-0.39, 0.29) is 10.6 Å². The largest absolute Gasteiger partial charge is 0.318 e. The van der Waals surface area contributed by atoms with E-state index >= 15 is 0 Å². The number of carbonyl (C=O) groups excluding carboxylic acids is 1. The van der Waals surface area contributed by atoms with Crippen LogP contribution in [0.15, 0.2) is 99.7 Å². The number of anilines is 1. The molecule has 1 N–H and O–H groups in total. The number of aryl methyl sites for hydroxylation is 1. The van der Waals surface area contributed by atoms with Gasteiger partial charge in [0.25, 0.3) is 15.9 Å². The second-order valence-electron chi connectivity index (χ2n) is 7.97. The molecule has 0 aliphatic rings. The Kier molecular flexibility index (Phi) is 7.66. The van der Waals surface area contributed by atoms with E-state index in [0.29, 0.717) is 0 Å². The third-order valence-corrected chi connectivity index (χ3v) is 7.76. The molecular weight excluding hydrogens is 542 g/mol. The van der Waals surface area contributed by atoms with Crippen LogP contribution in [-0.2, 0) is 14.8 Å². The van der Waals surface area contributed by atoms with Gasteiger partial charge in [-0.2, -0.15) is 5.10 Å². The van der Waals surface area contributed by atoms with Crippen LogP contribution in [0, 0.1) is 13.8 Å². The molecule has 0 saturated heterocycles. The number of carbonyl (C=O) groups is 1. The Morgan fingerprint density at radius 3 is 2.56 bits per heavy atom. The molecule has 0 unspecified atom stereocenters. The molecule has 2 aromatic heterocycles. The van der Waals surface area contributed by atoms with Gasteiger partial charge in [0.15, 0.2) is 0 Å². The highest BCUT2D eigenvalue weighted by molar-refractivity contribution is 9.10. The first-order chi connectivity index (χ1) is 17.3. The minimum Gasteiger partial charge on any atom is -0.318 e. The van der Waals surface area contributed by atoms with Gasteiger partial charge in [-0.25, -0.2) is 13.8 Å². The number of hydrogen-bond acceptors (Lipinski definition) is 5. The summed E-state index contributed by atoms with van der Waals surface area (Å²) in [6, 6.07) is 21.1. The van der Waals surface area contributed by atoms with Gasteiger partial charge in [0.05, 0.1) is 23.0 Å². The summed E-state index contributed by atoms with van der Waals surface area (Å²) < 4.78 is 30.6. The zero-order valence-corrected chi connectivity index (χ0v) is 22.1. The molecule has 2 heterocycles. The van der Waals surface area contributed by atoms with Gasteiger partial charge in [-0.15, -0.1) is 0 Å². The molecule has 0 spiro atoms. The molecule has 8 nitrogen and oxygen atoms in total. The van der Waals surface area contributed by atoms with E-state index in [1.54, 1.807) is 36.5 Å². The second-order valence-corrected chi connectivity index (χ2v) is 10.7. The van der Waals surface area contributed by atoms with Crippen molar-refractivity contribution in [2.75, 3.05) is 10.8 Å². The van der Waals surface area contributed by atoms with Crippen molar-refractivity contribution in [3.8, 4) is 5.69 Å². The lowest BCUT2D eigenvalue weighted by Gasteiger charge is -2.23. The SMILES string of the molecule is Cc1cc(/C=N\NC(=O)CN(c2cccnc2)S(=O)(=O)c2ccccc2)c(C)n1-c1cccc(Br)c1. The maximum absolute atomic E-state index is 13.3. The molecule has 0 aliphatic carbocycles. The van der Waals surface area contributed by atoms with E-state index < -0.39 is 22.5 Å². The molecule has 0 saturated carbocycles. The fourth-order valence-electron chi connectivity index (χ4n) is 3.81. The summed E-state index contributed by atoms with van der Waals surface area (Å²) in [7, 11) is -4.00. The number of nitrogens with zero attached hydrogens (tertiary/aromatic N) is 4. The Bertz CT molecular complexity index is 1500. The molecule has 4 aromatic rings. The molecule has 184 valence electrons. The minimum absolute atomic E-state index is 0.0742. The Morgan fingerprint density at radius 2 is 1.86 bits per heavy atom. The third-order valence-electron chi connectivity index (χ3n) is 5.48. The predicted molar refractivity (Wildman–Crippen MR) is 144 cm³/mol. The number of hydrogen-bond donors (Lipinski definition) is 1. The average molecular weight is 566 g/mol. The van der Waals surface area contributed by atoms with Crippen molar-refractivity contribution in [2.45, 2.75) is 18.7 Å². The molecule has 10 heteroatoms. The summed E-state index contributed by atoms with van der Waals surface area (Å²) >= 11 is 3.50. The summed E-state index contributed by atoms with van der Waals surface area (Å²) in [4.78, 5) is 16.8. The molecule has 0 bridgehead atoms. The van der Waals surface area contributed by atoms with E-state index in [9.17, 15) is 13.2 Å². The molecule has 0 fully saturated rings. The fraction of sp³-hybridized carbons (Fsp3) is 0.115. The molecule has 0 atom stereocenters. The van der Waals surface area contributed by atoms with Gasteiger partial charge in [0.2, 0.25) is 0 Å². The molecular formula is C26H24BrN5O3S. The van der Waals surface area contributed by atoms with Crippen molar-refractivity contribution in [3.05, 3.63) is 107 Å². The number of benzene rings is 2. The van der Waals surface area contributed by atoms with Crippen molar-refractivity contribution in [3.63, 3.8) is 0 Å². The van der Waals surface area contributed by atoms with Gasteiger partial charge >= 0.3 is 0 Å². The normalized spacial score (nSPS) is 11.5. The molecule has 36 heavy (non-hydrogen) atoms. The summed E-state index contributed by atoms with van der Waals surface area (Å²) in [5, 5.41) is 4.09. The summed E-state index contributed by atoms with van der Waals surface area (Å²) in [6.45, 7) is 3.50. The van der Waals surface area contributed by atoms with Gasteiger partial charge in [-0.3, -0.25) is 14.1 Å². The number of pyridine rings is 1. The van der Waals surface area contributed by atoms with E-state index in [0.717, 1.165) is 31.4 Å². The number of sulfonamides is 1. The lowest BCUT2D eigenvalue weighted by atomic mass is 10.2. The Labute approximate surface area is 218 Å². The lowest BCUT2D eigenvalue weighted by Crippen LogP contribution is -2.39. The van der Waals surface area contributed by atoms with Crippen LogP contribution in [0.3, 0.4) is 0 Å². The topological polar surface area (TPSA) is 96.7 Å². The first kappa shape index (κ1) is 25.3. The Balaban J connectivity index is 1.53. The van der Waals surface area contributed by atoms with Crippen LogP contribution in [0.5, 0.6) is 0 Å². The zero-order valence-electron chi connectivity index (χ0n) is 19.7. The highest BCUT2D eigenvalue weighted by Crippen LogP contribution is 2.23. The van der Waals surface area contributed by atoms with Crippen molar-refractivity contribution < 1.29 is 13.2 Å². The molecule has 2 aromatic carbocycles. The number of aromatic nitrogens is 2. The fourth-order valence-corrected chi connectivity index (χ4v) is 5.62. The van der Waals surface area contributed by atoms with Crippen LogP contribution in [-0.4, -0.2) is 36.6 Å². The maximum atomic E-state index is 13.3. The van der Waals surface area contributed by atoms with Gasteiger partial charge in [-0.05, 0) is 62.4 Å². The van der Waals surface area contributed by atoms with E-state index in [2.05, 4.69) is 36.0 Å². The van der Waals surface area contributed by atoms with E-state index in [1.165, 1.54) is 24.5 Å². The summed E-state index contributed by atoms with van der Waals surface area (Å²) in [6.07, 6.45) is 4.48. The Morgan fingerprint density at radius 1 is 1.08 bits per heavy atom. The smallest absolute Gasteiger partial charge is 0.264 e. The van der Waals surface area contributed by atoms with Crippen molar-refractivity contribution in [2.24, 2.45) is 5.10 Å². The van der Waals surface area contributed by atoms with Crippen LogP contribution in [0.4, 0.5) is 5.69 Å². The van der Waals surface area contributed by atoms with Crippen molar-refractivity contribution in [1.82, 2.24) is 15.0 Å². The maximum Gasteiger partial charge on any atom is 0.264 e. The first-order valence-electron chi connectivity index (χ1n) is 11.0. The lowest BCUT2D eigenvalue weighted by molar-refractivity contribution is -0.119. The first-order valence-corrected chi connectivity index (χ1v) is 13.3. The highest BCUT2D eigenvalue weighted by Gasteiger charge is 2.27. The van der Waals surface area contributed by atoms with Gasteiger partial charge in [0.1, 0.15) is 6.54 Å². The van der Waals surface area contributed by atoms with Crippen LogP contribution in [0.2, 0.25) is 0 Å². The van der Waals surface area contributed by atoms with Crippen molar-refractivity contribution >= 4 is 43.8 Å². The van der Waals surface area contributed by atoms with Crippen LogP contribution < -0.4 is 9.73 Å². The standard InChI is InChI=1S/C26H24BrN5O3S/c1-19-14-21(20(2)32(19)23-9-6-8-22(27)15-23)16-29-30-26(33)18-31(24-10-7-13-28-17-24)36(34,35)25-11-4-3-5-12-25/h3-17H,18H2,1-2H3,(H,30,33)/b29-16-. The number of nitrogens with one attached hydrogen (secondary N) is 1. The third kappa shape index (κ3) is 5.55. The zero-order chi connectivity index (χ0) is 25.7. The van der Waals surface area contributed by atoms with Gasteiger partial charge in [-0.1, -0.05) is 40.2 Å². The minimum atomic E-state index is -4.00. The molecule has 1 amide bonds. The van der Waals surface area contributed by atoms with Crippen LogP contribution >= 0.6 is 15.9 Å². The van der Waals surface area contributed by atoms with Crippen molar-refractivity contribution in [1.29, 1.82) is 0 Å². The highest BCUT2D eigenvalue weighted by atomic mass is 79.9. The number of rotatable bonds is 8. The second kappa shape index (κ2) is 10.9.